The third kappa shape index (κ3) is 4.66. The van der Waals surface area contributed by atoms with Gasteiger partial charge in [-0.05, 0) is 6.42 Å². The average molecular weight is 349 g/mol. The van der Waals surface area contributed by atoms with Crippen LogP contribution in [0.4, 0.5) is 0 Å². The second-order valence-corrected chi connectivity index (χ2v) is 51.0. The summed E-state index contributed by atoms with van der Waals surface area (Å²) in [6.07, 6.45) is 5.01. The van der Waals surface area contributed by atoms with Gasteiger partial charge in [-0.2, -0.15) is 0 Å². The van der Waals surface area contributed by atoms with Crippen molar-refractivity contribution < 1.29 is 5.11 Å². The van der Waals surface area contributed by atoms with Crippen molar-refractivity contribution in [1.29, 1.82) is 0 Å². The third-order valence-corrected chi connectivity index (χ3v) is 79.9. The van der Waals surface area contributed by atoms with Gasteiger partial charge in [-0.1, -0.05) is 84.2 Å². The van der Waals surface area contributed by atoms with Gasteiger partial charge in [0.05, 0.1) is 0 Å². The van der Waals surface area contributed by atoms with E-state index in [0.717, 1.165) is 6.42 Å². The molecule has 0 aliphatic heterocycles. The van der Waals surface area contributed by atoms with Crippen LogP contribution in [0.25, 0.3) is 0 Å². The first-order valence-corrected chi connectivity index (χ1v) is 24.1. The Morgan fingerprint density at radius 2 is 0.900 bits per heavy atom. The minimum Gasteiger partial charge on any atom is -0.396 e. The summed E-state index contributed by atoms with van der Waals surface area (Å²) in [5.74, 6) is 0. The van der Waals surface area contributed by atoms with Crippen LogP contribution in [0.2, 0.25) is 65.0 Å². The highest BCUT2D eigenvalue weighted by Crippen LogP contribution is 2.41. The van der Waals surface area contributed by atoms with E-state index in [0.29, 0.717) is 6.61 Å². The molecule has 0 radical (unpaired) electrons. The normalized spacial score (nSPS) is 14.7. The molecule has 0 rings (SSSR count). The van der Waals surface area contributed by atoms with E-state index >= 15 is 0 Å². The zero-order chi connectivity index (χ0) is 16.2. The molecule has 0 amide bonds. The highest BCUT2D eigenvalue weighted by Gasteiger charge is 2.60. The predicted molar refractivity (Wildman–Crippen MR) is 106 cm³/mol. The van der Waals surface area contributed by atoms with Crippen LogP contribution in [-0.2, 0) is 0 Å². The smallest absolute Gasteiger partial charge is 0.0431 e. The van der Waals surface area contributed by atoms with Crippen molar-refractivity contribution in [2.24, 2.45) is 0 Å². The van der Waals surface area contributed by atoms with Crippen molar-refractivity contribution in [3.63, 3.8) is 0 Å². The molecule has 1 nitrogen and oxygen atoms in total. The molecule has 0 aromatic rings. The molecule has 0 spiro atoms. The van der Waals surface area contributed by atoms with Gasteiger partial charge in [-0.3, -0.25) is 0 Å². The third-order valence-electron chi connectivity index (χ3n) is 5.30. The molecule has 0 fully saturated rings. The molecule has 0 atom stereocenters. The summed E-state index contributed by atoms with van der Waals surface area (Å²) in [4.78, 5) is 0. The van der Waals surface area contributed by atoms with Crippen molar-refractivity contribution in [2.75, 3.05) is 6.61 Å². The van der Waals surface area contributed by atoms with Gasteiger partial charge in [0.1, 0.15) is 0 Å². The Labute approximate surface area is 132 Å². The fraction of sp³-hybridized carbons (Fsp3) is 1.00. The molecule has 5 heteroatoms. The van der Waals surface area contributed by atoms with Crippen molar-refractivity contribution in [3.05, 3.63) is 0 Å². The summed E-state index contributed by atoms with van der Waals surface area (Å²) in [6, 6.07) is 1.60. The van der Waals surface area contributed by atoms with Gasteiger partial charge in [-0.25, -0.2) is 0 Å². The Bertz CT molecular complexity index is 248. The Morgan fingerprint density at radius 3 is 1.20 bits per heavy atom. The number of hydrogen-bond donors (Lipinski definition) is 1. The first kappa shape index (κ1) is 20.8. The quantitative estimate of drug-likeness (QED) is 0.446. The second-order valence-electron chi connectivity index (χ2n) is 9.54. The Kier molecular flexibility index (Phi) is 7.70. The Hall–Kier alpha value is 0.828. The fourth-order valence-electron chi connectivity index (χ4n) is 5.36. The van der Waals surface area contributed by atoms with Crippen molar-refractivity contribution in [1.82, 2.24) is 0 Å². The maximum absolute atomic E-state index is 8.94. The van der Waals surface area contributed by atoms with Gasteiger partial charge < -0.3 is 5.11 Å². The van der Waals surface area contributed by atoms with Crippen molar-refractivity contribution in [3.8, 4) is 0 Å². The van der Waals surface area contributed by atoms with Gasteiger partial charge in [0.25, 0.3) is 0 Å². The van der Waals surface area contributed by atoms with Crippen LogP contribution in [0.1, 0.15) is 25.7 Å². The van der Waals surface area contributed by atoms with Gasteiger partial charge in [0.15, 0.2) is 0 Å². The molecular formula is C15H40OSi4. The summed E-state index contributed by atoms with van der Waals surface area (Å²) >= 11 is 0. The molecule has 0 aliphatic carbocycles. The molecule has 20 heavy (non-hydrogen) atoms. The van der Waals surface area contributed by atoms with E-state index in [4.69, 9.17) is 5.11 Å². The van der Waals surface area contributed by atoms with E-state index in [9.17, 15) is 0 Å². The molecule has 0 aliphatic rings. The lowest BCUT2D eigenvalue weighted by molar-refractivity contribution is 0.283. The molecule has 0 heterocycles. The second kappa shape index (κ2) is 7.40. The maximum Gasteiger partial charge on any atom is 0.0431 e. The molecule has 1 N–H and O–H groups in total. The van der Waals surface area contributed by atoms with E-state index in [1.807, 2.05) is 0 Å². The van der Waals surface area contributed by atoms with E-state index in [-0.39, 0.29) is 0 Å². The highest BCUT2D eigenvalue weighted by atomic mass is 29.9. The standard InChI is InChI=1S/C15H40OSi4/c1-17(2,3)20(18(4,5)6,19(7,8)9)15-13-11-10-12-14-16/h16H,10-15H2,1-9H3. The molecule has 0 aromatic carbocycles. The van der Waals surface area contributed by atoms with Crippen LogP contribution in [0.5, 0.6) is 0 Å². The number of unbranched alkanes of at least 4 members (excludes halogenated alkanes) is 3. The predicted octanol–water partition coefficient (Wildman–Crippen LogP) is 5.24. The molecule has 0 unspecified atom stereocenters. The van der Waals surface area contributed by atoms with Crippen LogP contribution in [0.15, 0.2) is 0 Å². The molecule has 0 bridgehead atoms. The van der Waals surface area contributed by atoms with Crippen LogP contribution >= 0.6 is 0 Å². The largest absolute Gasteiger partial charge is 0.396 e. The number of aliphatic hydroxyl groups excluding tert-OH is 1. The van der Waals surface area contributed by atoms with Gasteiger partial charge in [0, 0.05) is 36.0 Å². The topological polar surface area (TPSA) is 20.2 Å². The van der Waals surface area contributed by atoms with E-state index in [1.54, 1.807) is 6.04 Å². The SMILES string of the molecule is C[Si](C)(C)[Si](CCCCCCO)([Si](C)(C)C)[Si](C)(C)C. The Balaban J connectivity index is 5.25. The highest BCUT2D eigenvalue weighted by molar-refractivity contribution is 7.89. The van der Waals surface area contributed by atoms with Gasteiger partial charge >= 0.3 is 0 Å². The Morgan fingerprint density at radius 1 is 0.550 bits per heavy atom. The van der Waals surface area contributed by atoms with Gasteiger partial charge in [0.2, 0.25) is 0 Å². The van der Waals surface area contributed by atoms with E-state index in [1.165, 1.54) is 19.3 Å². The minimum atomic E-state index is -1.11. The summed E-state index contributed by atoms with van der Waals surface area (Å²) in [6.45, 7) is 23.4. The number of rotatable bonds is 9. The molecule has 122 valence electrons. The summed E-state index contributed by atoms with van der Waals surface area (Å²) in [5.41, 5.74) is 0. The lowest BCUT2D eigenvalue weighted by Crippen LogP contribution is -2.82. The zero-order valence-corrected chi connectivity index (χ0v) is 19.7. The maximum atomic E-state index is 8.94. The number of hydrogen-bond acceptors (Lipinski definition) is 1. The number of aliphatic hydroxyl groups is 1. The van der Waals surface area contributed by atoms with Crippen LogP contribution in [0, 0.1) is 0 Å². The molecule has 0 aromatic heterocycles. The molecule has 0 saturated heterocycles. The summed E-state index contributed by atoms with van der Waals surface area (Å²) in [5, 5.41) is 8.94. The fourth-order valence-corrected chi connectivity index (χ4v) is 104. The van der Waals surface area contributed by atoms with E-state index < -0.39 is 29.4 Å². The van der Waals surface area contributed by atoms with Crippen LogP contribution in [0.3, 0.4) is 0 Å². The first-order chi connectivity index (χ1) is 8.81. The van der Waals surface area contributed by atoms with Crippen molar-refractivity contribution >= 4 is 29.4 Å². The first-order valence-electron chi connectivity index (χ1n) is 8.42. The summed E-state index contributed by atoms with van der Waals surface area (Å²) < 4.78 is 0. The summed E-state index contributed by atoms with van der Waals surface area (Å²) in [7, 11) is -3.19. The van der Waals surface area contributed by atoms with Crippen LogP contribution in [-0.4, -0.2) is 41.1 Å². The molecule has 0 saturated carbocycles. The molecular weight excluding hydrogens is 309 g/mol. The van der Waals surface area contributed by atoms with Crippen LogP contribution < -0.4 is 0 Å². The van der Waals surface area contributed by atoms with Gasteiger partial charge in [-0.15, -0.1) is 0 Å². The zero-order valence-electron chi connectivity index (χ0n) is 15.7. The van der Waals surface area contributed by atoms with Crippen molar-refractivity contribution in [2.45, 2.75) is 90.7 Å². The average Bonchev–Trinajstić information content (AvgIpc) is 2.17. The lowest BCUT2D eigenvalue weighted by atomic mass is 10.2. The monoisotopic (exact) mass is 348 g/mol. The lowest BCUT2D eigenvalue weighted by Gasteiger charge is -2.58. The minimum absolute atomic E-state index is 0.374. The van der Waals surface area contributed by atoms with E-state index in [2.05, 4.69) is 58.9 Å².